The molecule has 0 fully saturated rings. The lowest BCUT2D eigenvalue weighted by Crippen LogP contribution is -2.18. The summed E-state index contributed by atoms with van der Waals surface area (Å²) < 4.78 is 5.34. The van der Waals surface area contributed by atoms with Gasteiger partial charge in [-0.1, -0.05) is 12.2 Å². The third-order valence-corrected chi connectivity index (χ3v) is 1.82. The molecule has 1 rings (SSSR count). The van der Waals surface area contributed by atoms with Crippen molar-refractivity contribution in [3.63, 3.8) is 0 Å². The van der Waals surface area contributed by atoms with Crippen molar-refractivity contribution in [3.05, 3.63) is 30.0 Å². The minimum absolute atomic E-state index is 0.0556. The number of furan rings is 1. The highest BCUT2D eigenvalue weighted by Gasteiger charge is 2.09. The Balaban J connectivity index is 2.76. The molecule has 3 nitrogen and oxygen atoms in total. The highest BCUT2D eigenvalue weighted by atomic mass is 16.4. The first kappa shape index (κ1) is 10.6. The number of hydrogen-bond acceptors (Lipinski definition) is 3. The number of ketones is 1. The first-order valence-electron chi connectivity index (χ1n) is 4.47. The molecule has 14 heavy (non-hydrogen) atoms. The molecule has 1 heterocycles. The molecule has 0 aliphatic carbocycles. The third-order valence-electron chi connectivity index (χ3n) is 1.82. The smallest absolute Gasteiger partial charge is 0.196 e. The van der Waals surface area contributed by atoms with E-state index in [1.54, 1.807) is 12.1 Å². The summed E-state index contributed by atoms with van der Waals surface area (Å²) in [4.78, 5) is 12.9. The quantitative estimate of drug-likeness (QED) is 0.544. The number of carbonyl (C=O) groups excluding carboxylic acids is 1. The van der Waals surface area contributed by atoms with Crippen molar-refractivity contribution < 1.29 is 9.21 Å². The highest BCUT2D eigenvalue weighted by Crippen LogP contribution is 2.18. The summed E-state index contributed by atoms with van der Waals surface area (Å²) in [6.07, 6.45) is 0. The van der Waals surface area contributed by atoms with E-state index in [2.05, 4.69) is 6.58 Å². The van der Waals surface area contributed by atoms with Crippen molar-refractivity contribution in [1.29, 1.82) is 0 Å². The Bertz CT molecular complexity index is 352. The van der Waals surface area contributed by atoms with Crippen LogP contribution in [0.5, 0.6) is 0 Å². The van der Waals surface area contributed by atoms with Gasteiger partial charge in [0.25, 0.3) is 0 Å². The molecule has 0 spiro atoms. The normalized spacial score (nSPS) is 9.93. The molecule has 0 aliphatic heterocycles. The molecule has 0 bridgehead atoms. The van der Waals surface area contributed by atoms with Crippen LogP contribution in [0.1, 0.15) is 24.4 Å². The second-order valence-corrected chi connectivity index (χ2v) is 3.51. The summed E-state index contributed by atoms with van der Waals surface area (Å²) >= 11 is 0. The van der Waals surface area contributed by atoms with Crippen LogP contribution in [-0.4, -0.2) is 19.4 Å². The van der Waals surface area contributed by atoms with Crippen LogP contribution in [0.3, 0.4) is 0 Å². The Morgan fingerprint density at radius 3 is 2.57 bits per heavy atom. The van der Waals surface area contributed by atoms with E-state index in [-0.39, 0.29) is 5.78 Å². The van der Waals surface area contributed by atoms with Gasteiger partial charge in [-0.15, -0.1) is 0 Å². The Hall–Kier alpha value is -1.51. The number of Topliss-reactive ketones (excluding diaryl/α,β-unsaturated/α-hetero) is 1. The SMILES string of the molecule is C=C(C)CN(C)c1ccc(C(C)=O)o1. The average molecular weight is 193 g/mol. The Labute approximate surface area is 84.0 Å². The molecule has 0 unspecified atom stereocenters. The molecule has 1 aromatic rings. The van der Waals surface area contributed by atoms with Gasteiger partial charge in [0.2, 0.25) is 0 Å². The Morgan fingerprint density at radius 1 is 1.50 bits per heavy atom. The topological polar surface area (TPSA) is 33.5 Å². The van der Waals surface area contributed by atoms with Crippen molar-refractivity contribution in [2.45, 2.75) is 13.8 Å². The molecule has 0 atom stereocenters. The van der Waals surface area contributed by atoms with Crippen LogP contribution >= 0.6 is 0 Å². The summed E-state index contributed by atoms with van der Waals surface area (Å²) in [6.45, 7) is 7.98. The van der Waals surface area contributed by atoms with E-state index in [9.17, 15) is 4.79 Å². The van der Waals surface area contributed by atoms with Crippen LogP contribution in [0, 0.1) is 0 Å². The van der Waals surface area contributed by atoms with Crippen LogP contribution in [-0.2, 0) is 0 Å². The van der Waals surface area contributed by atoms with Crippen molar-refractivity contribution in [2.75, 3.05) is 18.5 Å². The number of likely N-dealkylation sites (N-methyl/N-ethyl adjacent to an activating group) is 1. The minimum Gasteiger partial charge on any atom is -0.437 e. The van der Waals surface area contributed by atoms with E-state index >= 15 is 0 Å². The highest BCUT2D eigenvalue weighted by molar-refractivity contribution is 5.91. The van der Waals surface area contributed by atoms with Gasteiger partial charge in [0.1, 0.15) is 0 Å². The largest absolute Gasteiger partial charge is 0.437 e. The standard InChI is InChI=1S/C11H15NO2/c1-8(2)7-12(4)11-6-5-10(14-11)9(3)13/h5-6H,1,7H2,2-4H3. The van der Waals surface area contributed by atoms with Gasteiger partial charge in [-0.3, -0.25) is 4.79 Å². The molecule has 0 amide bonds. The third kappa shape index (κ3) is 2.49. The van der Waals surface area contributed by atoms with Crippen molar-refractivity contribution in [3.8, 4) is 0 Å². The average Bonchev–Trinajstić information content (AvgIpc) is 2.50. The monoisotopic (exact) mass is 193 g/mol. The molecule has 3 heteroatoms. The molecule has 0 aliphatic rings. The van der Waals surface area contributed by atoms with Crippen molar-refractivity contribution in [1.82, 2.24) is 0 Å². The fourth-order valence-corrected chi connectivity index (χ4v) is 1.20. The van der Waals surface area contributed by atoms with Gasteiger partial charge >= 0.3 is 0 Å². The molecule has 0 saturated carbocycles. The lowest BCUT2D eigenvalue weighted by molar-refractivity contribution is 0.0988. The first-order chi connectivity index (χ1) is 6.50. The van der Waals surface area contributed by atoms with E-state index in [1.807, 2.05) is 18.9 Å². The van der Waals surface area contributed by atoms with Crippen LogP contribution in [0.2, 0.25) is 0 Å². The van der Waals surface area contributed by atoms with E-state index in [1.165, 1.54) is 6.92 Å². The molecule has 1 aromatic heterocycles. The summed E-state index contributed by atoms with van der Waals surface area (Å²) in [6, 6.07) is 3.48. The molecule has 0 saturated heterocycles. The zero-order chi connectivity index (χ0) is 10.7. The zero-order valence-electron chi connectivity index (χ0n) is 8.83. The molecular formula is C11H15NO2. The molecule has 76 valence electrons. The second-order valence-electron chi connectivity index (χ2n) is 3.51. The maximum atomic E-state index is 11.0. The van der Waals surface area contributed by atoms with Gasteiger partial charge in [0.15, 0.2) is 17.4 Å². The van der Waals surface area contributed by atoms with E-state index in [0.29, 0.717) is 11.6 Å². The summed E-state index contributed by atoms with van der Waals surface area (Å²) in [5.41, 5.74) is 1.05. The second kappa shape index (κ2) is 4.13. The maximum Gasteiger partial charge on any atom is 0.196 e. The predicted molar refractivity (Wildman–Crippen MR) is 56.8 cm³/mol. The van der Waals surface area contributed by atoms with E-state index in [0.717, 1.165) is 12.1 Å². The van der Waals surface area contributed by atoms with Gasteiger partial charge in [0, 0.05) is 26.6 Å². The predicted octanol–water partition coefficient (Wildman–Crippen LogP) is 2.49. The van der Waals surface area contributed by atoms with Gasteiger partial charge in [0.05, 0.1) is 0 Å². The van der Waals surface area contributed by atoms with Gasteiger partial charge in [-0.05, 0) is 13.0 Å². The van der Waals surface area contributed by atoms with Crippen LogP contribution in [0.25, 0.3) is 0 Å². The summed E-state index contributed by atoms with van der Waals surface area (Å²) in [5, 5.41) is 0. The number of carbonyl (C=O) groups is 1. The van der Waals surface area contributed by atoms with Gasteiger partial charge in [-0.25, -0.2) is 0 Å². The van der Waals surface area contributed by atoms with Crippen molar-refractivity contribution >= 4 is 11.7 Å². The van der Waals surface area contributed by atoms with Gasteiger partial charge in [-0.2, -0.15) is 0 Å². The first-order valence-corrected chi connectivity index (χ1v) is 4.47. The number of hydrogen-bond donors (Lipinski definition) is 0. The van der Waals surface area contributed by atoms with E-state index < -0.39 is 0 Å². The fraction of sp³-hybridized carbons (Fsp3) is 0.364. The van der Waals surface area contributed by atoms with E-state index in [4.69, 9.17) is 4.42 Å². The minimum atomic E-state index is -0.0556. The fourth-order valence-electron chi connectivity index (χ4n) is 1.20. The lowest BCUT2D eigenvalue weighted by atomic mass is 10.3. The Morgan fingerprint density at radius 2 is 2.14 bits per heavy atom. The molecule has 0 N–H and O–H groups in total. The van der Waals surface area contributed by atoms with Gasteiger partial charge < -0.3 is 9.32 Å². The maximum absolute atomic E-state index is 11.0. The van der Waals surface area contributed by atoms with Crippen LogP contribution in [0.4, 0.5) is 5.88 Å². The van der Waals surface area contributed by atoms with Crippen LogP contribution in [0.15, 0.2) is 28.7 Å². The lowest BCUT2D eigenvalue weighted by Gasteiger charge is -2.15. The molecular weight excluding hydrogens is 178 g/mol. The number of nitrogens with zero attached hydrogens (tertiary/aromatic N) is 1. The summed E-state index contributed by atoms with van der Waals surface area (Å²) in [5.74, 6) is 1.03. The molecule has 0 radical (unpaired) electrons. The zero-order valence-corrected chi connectivity index (χ0v) is 8.83. The Kier molecular flexibility index (Phi) is 3.12. The molecule has 0 aromatic carbocycles. The van der Waals surface area contributed by atoms with Crippen LogP contribution < -0.4 is 4.90 Å². The number of anilines is 1. The number of rotatable bonds is 4. The van der Waals surface area contributed by atoms with Crippen molar-refractivity contribution in [2.24, 2.45) is 0 Å². The summed E-state index contributed by atoms with van der Waals surface area (Å²) in [7, 11) is 1.90.